The van der Waals surface area contributed by atoms with E-state index >= 15 is 0 Å². The number of para-hydroxylation sites is 1. The summed E-state index contributed by atoms with van der Waals surface area (Å²) < 4.78 is 5.05. The third kappa shape index (κ3) is 4.27. The lowest BCUT2D eigenvalue weighted by molar-refractivity contribution is -0.139. The molecule has 1 heterocycles. The minimum Gasteiger partial charge on any atom is -0.479 e. The summed E-state index contributed by atoms with van der Waals surface area (Å²) in [4.78, 5) is 36.7. The Bertz CT molecular complexity index is 938. The molecule has 0 bridgehead atoms. The minimum absolute atomic E-state index is 0.0373. The highest BCUT2D eigenvalue weighted by molar-refractivity contribution is 8.19. The van der Waals surface area contributed by atoms with E-state index in [1.807, 2.05) is 0 Å². The van der Waals surface area contributed by atoms with Gasteiger partial charge >= 0.3 is 5.97 Å². The molecule has 1 aliphatic rings. The summed E-state index contributed by atoms with van der Waals surface area (Å²) in [7, 11) is 0. The topological polar surface area (TPSA) is 83.9 Å². The van der Waals surface area contributed by atoms with Crippen molar-refractivity contribution in [2.75, 3.05) is 11.5 Å². The lowest BCUT2D eigenvalue weighted by Crippen LogP contribution is -2.27. The molecule has 0 unspecified atom stereocenters. The zero-order valence-corrected chi connectivity index (χ0v) is 15.8. The van der Waals surface area contributed by atoms with Crippen LogP contribution in [0.3, 0.4) is 0 Å². The first-order valence-electron chi connectivity index (χ1n) is 7.53. The van der Waals surface area contributed by atoms with Crippen LogP contribution in [0.5, 0.6) is 5.75 Å². The van der Waals surface area contributed by atoms with Crippen LogP contribution in [0.15, 0.2) is 47.4 Å². The second-order valence-corrected chi connectivity index (χ2v) is 7.16. The average Bonchev–Trinajstić information content (AvgIpc) is 2.88. The van der Waals surface area contributed by atoms with E-state index in [0.717, 1.165) is 16.7 Å². The van der Waals surface area contributed by atoms with E-state index in [1.54, 1.807) is 30.3 Å². The number of anilines is 1. The molecule has 2 aromatic carbocycles. The highest BCUT2D eigenvalue weighted by Gasteiger charge is 2.36. The van der Waals surface area contributed by atoms with Crippen molar-refractivity contribution in [3.05, 3.63) is 63.0 Å². The van der Waals surface area contributed by atoms with Crippen LogP contribution in [0, 0.1) is 0 Å². The number of aliphatic carboxylic acids is 1. The predicted octanol–water partition coefficient (Wildman–Crippen LogP) is 4.70. The van der Waals surface area contributed by atoms with Gasteiger partial charge in [-0.1, -0.05) is 41.4 Å². The molecule has 2 aromatic rings. The first-order chi connectivity index (χ1) is 12.9. The smallest absolute Gasteiger partial charge is 0.341 e. The number of rotatable bonds is 5. The van der Waals surface area contributed by atoms with E-state index in [0.29, 0.717) is 11.3 Å². The van der Waals surface area contributed by atoms with Crippen molar-refractivity contribution in [3.8, 4) is 5.75 Å². The van der Waals surface area contributed by atoms with Crippen molar-refractivity contribution in [2.45, 2.75) is 0 Å². The second-order valence-electron chi connectivity index (χ2n) is 5.35. The maximum atomic E-state index is 12.6. The van der Waals surface area contributed by atoms with E-state index in [9.17, 15) is 14.4 Å². The summed E-state index contributed by atoms with van der Waals surface area (Å²) in [5, 5.41) is 8.46. The Kier molecular flexibility index (Phi) is 5.74. The van der Waals surface area contributed by atoms with Gasteiger partial charge in [0.2, 0.25) is 0 Å². The molecule has 138 valence electrons. The SMILES string of the molecule is O=C(O)COc1c(Cl)cc(C=C2SC(=O)N(c3ccccc3)C2=O)cc1Cl. The molecule has 1 N–H and O–H groups in total. The number of hydrogen-bond donors (Lipinski definition) is 1. The fourth-order valence-electron chi connectivity index (χ4n) is 2.35. The Morgan fingerprint density at radius 2 is 1.78 bits per heavy atom. The molecule has 0 saturated carbocycles. The Morgan fingerprint density at radius 3 is 2.37 bits per heavy atom. The predicted molar refractivity (Wildman–Crippen MR) is 104 cm³/mol. The lowest BCUT2D eigenvalue weighted by Gasteiger charge is -2.11. The molecule has 2 amide bonds. The van der Waals surface area contributed by atoms with Gasteiger partial charge < -0.3 is 9.84 Å². The normalized spacial score (nSPS) is 15.5. The number of nitrogens with zero attached hydrogens (tertiary/aromatic N) is 1. The summed E-state index contributed by atoms with van der Waals surface area (Å²) in [5.74, 6) is -1.58. The molecule has 1 saturated heterocycles. The Hall–Kier alpha value is -2.48. The molecule has 0 aliphatic carbocycles. The molecule has 0 atom stereocenters. The number of amides is 2. The molecule has 27 heavy (non-hydrogen) atoms. The standard InChI is InChI=1S/C18H11Cl2NO5S/c19-12-6-10(7-13(20)16(12)26-9-15(22)23)8-14-17(24)21(18(25)27-14)11-4-2-1-3-5-11/h1-8H,9H2,(H,22,23). The maximum absolute atomic E-state index is 12.6. The lowest BCUT2D eigenvalue weighted by atomic mass is 10.2. The Morgan fingerprint density at radius 1 is 1.15 bits per heavy atom. The van der Waals surface area contributed by atoms with Gasteiger partial charge in [0.05, 0.1) is 20.6 Å². The molecule has 9 heteroatoms. The minimum atomic E-state index is -1.17. The fraction of sp³-hybridized carbons (Fsp3) is 0.0556. The summed E-state index contributed by atoms with van der Waals surface area (Å²) in [5.41, 5.74) is 0.961. The van der Waals surface area contributed by atoms with Crippen LogP contribution in [0.25, 0.3) is 6.08 Å². The number of benzene rings is 2. The van der Waals surface area contributed by atoms with E-state index < -0.39 is 23.7 Å². The van der Waals surface area contributed by atoms with Gasteiger partial charge in [-0.2, -0.15) is 0 Å². The number of imide groups is 1. The van der Waals surface area contributed by atoms with Crippen molar-refractivity contribution in [2.24, 2.45) is 0 Å². The molecule has 1 aliphatic heterocycles. The quantitative estimate of drug-likeness (QED) is 0.701. The van der Waals surface area contributed by atoms with Crippen LogP contribution in [0.1, 0.15) is 5.56 Å². The van der Waals surface area contributed by atoms with Gasteiger partial charge in [-0.25, -0.2) is 9.69 Å². The van der Waals surface area contributed by atoms with Gasteiger partial charge in [0.25, 0.3) is 11.1 Å². The number of hydrogen-bond acceptors (Lipinski definition) is 5. The van der Waals surface area contributed by atoms with E-state index in [4.69, 9.17) is 33.0 Å². The Balaban J connectivity index is 1.88. The van der Waals surface area contributed by atoms with Gasteiger partial charge in [-0.15, -0.1) is 0 Å². The third-order valence-corrected chi connectivity index (χ3v) is 4.90. The van der Waals surface area contributed by atoms with E-state index in [1.165, 1.54) is 18.2 Å². The molecule has 3 rings (SSSR count). The zero-order chi connectivity index (χ0) is 19.6. The maximum Gasteiger partial charge on any atom is 0.341 e. The first-order valence-corrected chi connectivity index (χ1v) is 9.10. The summed E-state index contributed by atoms with van der Waals surface area (Å²) in [6, 6.07) is 11.5. The van der Waals surface area contributed by atoms with Crippen LogP contribution in [-0.2, 0) is 9.59 Å². The highest BCUT2D eigenvalue weighted by atomic mass is 35.5. The summed E-state index contributed by atoms with van der Waals surface area (Å²) in [6.45, 7) is -0.589. The van der Waals surface area contributed by atoms with E-state index in [-0.39, 0.29) is 20.7 Å². The molecule has 0 aromatic heterocycles. The highest BCUT2D eigenvalue weighted by Crippen LogP contribution is 2.38. The molecule has 1 fully saturated rings. The van der Waals surface area contributed by atoms with Crippen LogP contribution >= 0.6 is 35.0 Å². The summed E-state index contributed by atoms with van der Waals surface area (Å²) >= 11 is 13.0. The van der Waals surface area contributed by atoms with Crippen molar-refractivity contribution in [1.29, 1.82) is 0 Å². The van der Waals surface area contributed by atoms with Gasteiger partial charge in [0, 0.05) is 0 Å². The molecule has 6 nitrogen and oxygen atoms in total. The van der Waals surface area contributed by atoms with E-state index in [2.05, 4.69) is 0 Å². The number of carboxylic acids is 1. The van der Waals surface area contributed by atoms with Crippen LogP contribution < -0.4 is 9.64 Å². The fourth-order valence-corrected chi connectivity index (χ4v) is 3.81. The van der Waals surface area contributed by atoms with Gasteiger partial charge in [0.15, 0.2) is 12.4 Å². The van der Waals surface area contributed by atoms with Crippen molar-refractivity contribution in [3.63, 3.8) is 0 Å². The first kappa shape index (κ1) is 19.3. The molecular formula is C18H11Cl2NO5S. The Labute approximate surface area is 168 Å². The number of carbonyl (C=O) groups excluding carboxylic acids is 2. The van der Waals surface area contributed by atoms with Crippen molar-refractivity contribution >= 4 is 63.8 Å². The van der Waals surface area contributed by atoms with Gasteiger partial charge in [-0.05, 0) is 47.7 Å². The zero-order valence-electron chi connectivity index (χ0n) is 13.5. The van der Waals surface area contributed by atoms with Crippen LogP contribution in [-0.4, -0.2) is 28.8 Å². The van der Waals surface area contributed by atoms with Crippen molar-refractivity contribution < 1.29 is 24.2 Å². The third-order valence-electron chi connectivity index (χ3n) is 3.47. The second kappa shape index (κ2) is 8.04. The van der Waals surface area contributed by atoms with Gasteiger partial charge in [-0.3, -0.25) is 9.59 Å². The molecular weight excluding hydrogens is 413 g/mol. The number of thioether (sulfide) groups is 1. The number of carboxylic acid groups (broad SMARTS) is 1. The number of ether oxygens (including phenoxy) is 1. The largest absolute Gasteiger partial charge is 0.479 e. The van der Waals surface area contributed by atoms with Crippen LogP contribution in [0.4, 0.5) is 10.5 Å². The van der Waals surface area contributed by atoms with Gasteiger partial charge in [0.1, 0.15) is 0 Å². The molecule has 0 radical (unpaired) electrons. The monoisotopic (exact) mass is 423 g/mol. The average molecular weight is 424 g/mol. The number of carbonyl (C=O) groups is 3. The summed E-state index contributed by atoms with van der Waals surface area (Å²) in [6.07, 6.45) is 1.49. The van der Waals surface area contributed by atoms with Crippen LogP contribution in [0.2, 0.25) is 10.0 Å². The van der Waals surface area contributed by atoms with Crippen molar-refractivity contribution in [1.82, 2.24) is 0 Å². The number of halogens is 2. The molecule has 0 spiro atoms.